The van der Waals surface area contributed by atoms with Gasteiger partial charge < -0.3 is 5.32 Å². The van der Waals surface area contributed by atoms with Gasteiger partial charge in [-0.15, -0.1) is 0 Å². The van der Waals surface area contributed by atoms with E-state index in [0.717, 1.165) is 0 Å². The molecule has 0 aliphatic heterocycles. The van der Waals surface area contributed by atoms with Crippen molar-refractivity contribution >= 4 is 21.4 Å². The summed E-state index contributed by atoms with van der Waals surface area (Å²) >= 11 is 0. The third-order valence-electron chi connectivity index (χ3n) is 3.18. The maximum Gasteiger partial charge on any atom is 0.257 e. The van der Waals surface area contributed by atoms with Crippen molar-refractivity contribution in [2.24, 2.45) is 0 Å². The smallest absolute Gasteiger partial charge is 0.257 e. The summed E-state index contributed by atoms with van der Waals surface area (Å²) in [5.41, 5.74) is 0.00343. The third kappa shape index (κ3) is 3.17. The molecule has 0 aliphatic rings. The van der Waals surface area contributed by atoms with Gasteiger partial charge in [0, 0.05) is 0 Å². The second-order valence-corrected chi connectivity index (χ2v) is 7.50. The Kier molecular flexibility index (Phi) is 4.61. The van der Waals surface area contributed by atoms with Crippen LogP contribution in [-0.2, 0) is 9.84 Å². The highest BCUT2D eigenvalue weighted by Gasteiger charge is 2.25. The van der Waals surface area contributed by atoms with E-state index in [-0.39, 0.29) is 16.1 Å². The summed E-state index contributed by atoms with van der Waals surface area (Å²) in [6, 6.07) is 11.6. The Morgan fingerprint density at radius 1 is 1.05 bits per heavy atom. The van der Waals surface area contributed by atoms with Crippen LogP contribution in [0.5, 0.6) is 0 Å². The van der Waals surface area contributed by atoms with Gasteiger partial charge in [0.05, 0.1) is 21.4 Å². The lowest BCUT2D eigenvalue weighted by molar-refractivity contribution is 0.102. The van der Waals surface area contributed by atoms with Crippen molar-refractivity contribution in [3.05, 3.63) is 59.9 Å². The number of halogens is 1. The number of nitrogens with one attached hydrogen (secondary N) is 1. The fourth-order valence-electron chi connectivity index (χ4n) is 1.91. The molecule has 0 saturated heterocycles. The molecule has 0 unspecified atom stereocenters. The number of para-hydroxylation sites is 1. The van der Waals surface area contributed by atoms with Crippen LogP contribution in [0.15, 0.2) is 53.4 Å². The second kappa shape index (κ2) is 6.27. The fraction of sp³-hybridized carbons (Fsp3) is 0.188. The number of carbonyl (C=O) groups excluding carboxylic acids is 1. The van der Waals surface area contributed by atoms with Crippen molar-refractivity contribution in [1.29, 1.82) is 0 Å². The number of benzene rings is 2. The Bertz CT molecular complexity index is 801. The highest BCUT2D eigenvalue weighted by molar-refractivity contribution is 7.92. The van der Waals surface area contributed by atoms with Crippen molar-refractivity contribution in [2.45, 2.75) is 24.0 Å². The fourth-order valence-corrected chi connectivity index (χ4v) is 3.15. The summed E-state index contributed by atoms with van der Waals surface area (Å²) in [6.07, 6.45) is 0. The van der Waals surface area contributed by atoms with Gasteiger partial charge in [-0.2, -0.15) is 0 Å². The first-order valence-corrected chi connectivity index (χ1v) is 8.27. The number of hydrogen-bond acceptors (Lipinski definition) is 3. The van der Waals surface area contributed by atoms with Gasteiger partial charge in [0.25, 0.3) is 5.91 Å². The zero-order chi connectivity index (χ0) is 16.3. The SMILES string of the molecule is CC(C)S(=O)(=O)c1ccccc1C(=O)Nc1ccccc1F. The highest BCUT2D eigenvalue weighted by Crippen LogP contribution is 2.22. The van der Waals surface area contributed by atoms with E-state index in [1.807, 2.05) is 0 Å². The lowest BCUT2D eigenvalue weighted by Crippen LogP contribution is -2.21. The number of carbonyl (C=O) groups is 1. The average Bonchev–Trinajstić information content (AvgIpc) is 2.49. The van der Waals surface area contributed by atoms with E-state index < -0.39 is 26.8 Å². The van der Waals surface area contributed by atoms with Crippen molar-refractivity contribution in [2.75, 3.05) is 5.32 Å². The van der Waals surface area contributed by atoms with Gasteiger partial charge in [0.2, 0.25) is 0 Å². The van der Waals surface area contributed by atoms with Gasteiger partial charge in [-0.3, -0.25) is 4.79 Å². The van der Waals surface area contributed by atoms with Gasteiger partial charge in [0.1, 0.15) is 5.82 Å². The van der Waals surface area contributed by atoms with Crippen LogP contribution in [0.25, 0.3) is 0 Å². The Hall–Kier alpha value is -2.21. The molecular weight excluding hydrogens is 305 g/mol. The van der Waals surface area contributed by atoms with Gasteiger partial charge in [-0.05, 0) is 38.1 Å². The van der Waals surface area contributed by atoms with Crippen LogP contribution in [0.4, 0.5) is 10.1 Å². The molecule has 116 valence electrons. The van der Waals surface area contributed by atoms with Crippen LogP contribution >= 0.6 is 0 Å². The molecule has 4 nitrogen and oxygen atoms in total. The van der Waals surface area contributed by atoms with Crippen LogP contribution < -0.4 is 5.32 Å². The predicted molar refractivity (Wildman–Crippen MR) is 83.1 cm³/mol. The first-order chi connectivity index (χ1) is 10.3. The maximum absolute atomic E-state index is 13.6. The van der Waals surface area contributed by atoms with E-state index >= 15 is 0 Å². The lowest BCUT2D eigenvalue weighted by Gasteiger charge is -2.13. The van der Waals surface area contributed by atoms with Gasteiger partial charge >= 0.3 is 0 Å². The summed E-state index contributed by atoms with van der Waals surface area (Å²) in [5.74, 6) is -1.25. The molecule has 2 aromatic rings. The van der Waals surface area contributed by atoms with Crippen molar-refractivity contribution in [1.82, 2.24) is 0 Å². The molecule has 0 radical (unpaired) electrons. The Morgan fingerprint density at radius 2 is 1.64 bits per heavy atom. The number of hydrogen-bond donors (Lipinski definition) is 1. The van der Waals surface area contributed by atoms with Crippen LogP contribution in [-0.4, -0.2) is 19.6 Å². The minimum Gasteiger partial charge on any atom is -0.319 e. The van der Waals surface area contributed by atoms with E-state index in [2.05, 4.69) is 5.32 Å². The normalized spacial score (nSPS) is 11.5. The van der Waals surface area contributed by atoms with E-state index in [4.69, 9.17) is 0 Å². The molecule has 0 bridgehead atoms. The lowest BCUT2D eigenvalue weighted by atomic mass is 10.2. The minimum atomic E-state index is -3.61. The number of rotatable bonds is 4. The molecule has 1 N–H and O–H groups in total. The van der Waals surface area contributed by atoms with Gasteiger partial charge in [-0.25, -0.2) is 12.8 Å². The number of anilines is 1. The summed E-state index contributed by atoms with van der Waals surface area (Å²) < 4.78 is 38.2. The summed E-state index contributed by atoms with van der Waals surface area (Å²) in [6.45, 7) is 3.09. The van der Waals surface area contributed by atoms with E-state index in [1.54, 1.807) is 32.0 Å². The maximum atomic E-state index is 13.6. The molecule has 6 heteroatoms. The summed E-state index contributed by atoms with van der Waals surface area (Å²) in [7, 11) is -3.61. The molecule has 0 aliphatic carbocycles. The highest BCUT2D eigenvalue weighted by atomic mass is 32.2. The Balaban J connectivity index is 2.42. The molecule has 22 heavy (non-hydrogen) atoms. The summed E-state index contributed by atoms with van der Waals surface area (Å²) in [5, 5.41) is 1.74. The van der Waals surface area contributed by atoms with Crippen LogP contribution in [0.3, 0.4) is 0 Å². The number of amides is 1. The molecular formula is C16H16FNO3S. The minimum absolute atomic E-state index is 0.000506. The summed E-state index contributed by atoms with van der Waals surface area (Å²) in [4.78, 5) is 12.3. The molecule has 0 aromatic heterocycles. The van der Waals surface area contributed by atoms with E-state index in [1.165, 1.54) is 30.3 Å². The quantitative estimate of drug-likeness (QED) is 0.940. The molecule has 2 aromatic carbocycles. The molecule has 0 saturated carbocycles. The van der Waals surface area contributed by atoms with Crippen molar-refractivity contribution in [3.63, 3.8) is 0 Å². The molecule has 0 atom stereocenters. The average molecular weight is 321 g/mol. The zero-order valence-corrected chi connectivity index (χ0v) is 13.0. The Morgan fingerprint density at radius 3 is 2.27 bits per heavy atom. The van der Waals surface area contributed by atoms with Crippen molar-refractivity contribution < 1.29 is 17.6 Å². The van der Waals surface area contributed by atoms with Gasteiger partial charge in [-0.1, -0.05) is 24.3 Å². The molecule has 0 fully saturated rings. The van der Waals surface area contributed by atoms with Crippen LogP contribution in [0.2, 0.25) is 0 Å². The standard InChI is InChI=1S/C16H16FNO3S/c1-11(2)22(20,21)15-10-6-3-7-12(15)16(19)18-14-9-5-4-8-13(14)17/h3-11H,1-2H3,(H,18,19). The topological polar surface area (TPSA) is 63.2 Å². The first kappa shape index (κ1) is 16.2. The van der Waals surface area contributed by atoms with Crippen molar-refractivity contribution in [3.8, 4) is 0 Å². The second-order valence-electron chi connectivity index (χ2n) is 5.02. The number of sulfone groups is 1. The van der Waals surface area contributed by atoms with E-state index in [9.17, 15) is 17.6 Å². The largest absolute Gasteiger partial charge is 0.319 e. The van der Waals surface area contributed by atoms with Gasteiger partial charge in [0.15, 0.2) is 9.84 Å². The van der Waals surface area contributed by atoms with E-state index in [0.29, 0.717) is 0 Å². The monoisotopic (exact) mass is 321 g/mol. The van der Waals surface area contributed by atoms with Crippen LogP contribution in [0, 0.1) is 5.82 Å². The third-order valence-corrected chi connectivity index (χ3v) is 5.39. The predicted octanol–water partition coefficient (Wildman–Crippen LogP) is 3.26. The molecule has 0 heterocycles. The molecule has 1 amide bonds. The first-order valence-electron chi connectivity index (χ1n) is 6.73. The Labute approximate surface area is 128 Å². The van der Waals surface area contributed by atoms with Crippen LogP contribution in [0.1, 0.15) is 24.2 Å². The zero-order valence-electron chi connectivity index (χ0n) is 12.2. The molecule has 0 spiro atoms. The molecule has 2 rings (SSSR count).